The monoisotopic (exact) mass is 345 g/mol. The van der Waals surface area contributed by atoms with Crippen LogP contribution in [0.3, 0.4) is 0 Å². The Morgan fingerprint density at radius 1 is 1.08 bits per heavy atom. The number of aromatic amines is 1. The quantitative estimate of drug-likeness (QED) is 0.709. The van der Waals surface area contributed by atoms with Crippen LogP contribution in [0.4, 0.5) is 18.9 Å². The Balaban J connectivity index is 2.01. The Hall–Kier alpha value is -3.09. The second-order valence-electron chi connectivity index (χ2n) is 5.43. The molecule has 3 aromatic rings. The SMILES string of the molecule is Cc1[nH]n(-c2cccc(C(F)(F)F)c2)c(=O)c1C=Nc1ccccc1. The van der Waals surface area contributed by atoms with E-state index >= 15 is 0 Å². The lowest BCUT2D eigenvalue weighted by Gasteiger charge is -2.08. The molecule has 4 nitrogen and oxygen atoms in total. The van der Waals surface area contributed by atoms with Gasteiger partial charge >= 0.3 is 6.18 Å². The van der Waals surface area contributed by atoms with Crippen molar-refractivity contribution in [1.29, 1.82) is 0 Å². The van der Waals surface area contributed by atoms with Crippen LogP contribution in [-0.2, 0) is 6.18 Å². The van der Waals surface area contributed by atoms with E-state index in [0.717, 1.165) is 16.8 Å². The van der Waals surface area contributed by atoms with Crippen molar-refractivity contribution in [3.63, 3.8) is 0 Å². The van der Waals surface area contributed by atoms with E-state index in [-0.39, 0.29) is 5.69 Å². The molecule has 3 rings (SSSR count). The molecule has 1 N–H and O–H groups in total. The first-order valence-electron chi connectivity index (χ1n) is 7.44. The number of aryl methyl sites for hydroxylation is 1. The van der Waals surface area contributed by atoms with Gasteiger partial charge in [-0.1, -0.05) is 24.3 Å². The van der Waals surface area contributed by atoms with Gasteiger partial charge in [-0.15, -0.1) is 0 Å². The van der Waals surface area contributed by atoms with E-state index in [4.69, 9.17) is 0 Å². The Morgan fingerprint density at radius 2 is 1.80 bits per heavy atom. The Kier molecular flexibility index (Phi) is 4.31. The van der Waals surface area contributed by atoms with E-state index in [1.807, 2.05) is 18.2 Å². The molecule has 0 aliphatic heterocycles. The summed E-state index contributed by atoms with van der Waals surface area (Å²) in [6.07, 6.45) is -3.06. The van der Waals surface area contributed by atoms with E-state index in [9.17, 15) is 18.0 Å². The van der Waals surface area contributed by atoms with Crippen molar-refractivity contribution in [3.8, 4) is 5.69 Å². The van der Waals surface area contributed by atoms with Crippen LogP contribution < -0.4 is 5.56 Å². The van der Waals surface area contributed by atoms with E-state index in [0.29, 0.717) is 16.9 Å². The zero-order valence-corrected chi connectivity index (χ0v) is 13.2. The van der Waals surface area contributed by atoms with Crippen LogP contribution >= 0.6 is 0 Å². The van der Waals surface area contributed by atoms with Gasteiger partial charge in [-0.25, -0.2) is 4.68 Å². The third-order valence-electron chi connectivity index (χ3n) is 3.65. The molecule has 0 spiro atoms. The fourth-order valence-corrected chi connectivity index (χ4v) is 2.37. The molecule has 7 heteroatoms. The van der Waals surface area contributed by atoms with Crippen LogP contribution in [0.5, 0.6) is 0 Å². The molecular weight excluding hydrogens is 331 g/mol. The molecule has 0 amide bonds. The normalized spacial score (nSPS) is 12.0. The summed E-state index contributed by atoms with van der Waals surface area (Å²) in [5.41, 5.74) is 0.318. The molecule has 0 radical (unpaired) electrons. The fraction of sp³-hybridized carbons (Fsp3) is 0.111. The Morgan fingerprint density at radius 3 is 2.48 bits per heavy atom. The molecular formula is C18H14F3N3O. The first-order chi connectivity index (χ1) is 11.9. The lowest BCUT2D eigenvalue weighted by Crippen LogP contribution is -2.18. The van der Waals surface area contributed by atoms with Crippen molar-refractivity contribution < 1.29 is 13.2 Å². The number of benzene rings is 2. The molecule has 0 atom stereocenters. The van der Waals surface area contributed by atoms with Crippen LogP contribution in [-0.4, -0.2) is 16.0 Å². The van der Waals surface area contributed by atoms with Crippen molar-refractivity contribution in [2.24, 2.45) is 4.99 Å². The maximum atomic E-state index is 12.9. The average molecular weight is 345 g/mol. The molecule has 0 saturated carbocycles. The highest BCUT2D eigenvalue weighted by molar-refractivity contribution is 5.83. The summed E-state index contributed by atoms with van der Waals surface area (Å²) in [5.74, 6) is 0. The van der Waals surface area contributed by atoms with Gasteiger partial charge in [0, 0.05) is 11.9 Å². The number of alkyl halides is 3. The van der Waals surface area contributed by atoms with E-state index in [1.54, 1.807) is 19.1 Å². The van der Waals surface area contributed by atoms with Gasteiger partial charge in [-0.2, -0.15) is 13.2 Å². The molecule has 0 fully saturated rings. The summed E-state index contributed by atoms with van der Waals surface area (Å²) < 4.78 is 39.7. The molecule has 2 aromatic carbocycles. The van der Waals surface area contributed by atoms with Gasteiger partial charge in [-0.3, -0.25) is 14.9 Å². The fourth-order valence-electron chi connectivity index (χ4n) is 2.37. The number of hydrogen-bond donors (Lipinski definition) is 1. The van der Waals surface area contributed by atoms with Crippen LogP contribution in [0.25, 0.3) is 5.69 Å². The highest BCUT2D eigenvalue weighted by atomic mass is 19.4. The number of aromatic nitrogens is 2. The van der Waals surface area contributed by atoms with Crippen LogP contribution in [0, 0.1) is 6.92 Å². The number of halogens is 3. The highest BCUT2D eigenvalue weighted by Gasteiger charge is 2.30. The molecule has 0 unspecified atom stereocenters. The number of para-hydroxylation sites is 1. The number of rotatable bonds is 3. The maximum Gasteiger partial charge on any atom is 0.416 e. The molecule has 1 aromatic heterocycles. The van der Waals surface area contributed by atoms with Crippen LogP contribution in [0.15, 0.2) is 64.4 Å². The first kappa shape index (κ1) is 16.8. The number of aliphatic imine (C=N–C) groups is 1. The second kappa shape index (κ2) is 6.43. The van der Waals surface area contributed by atoms with Crippen molar-refractivity contribution in [2.45, 2.75) is 13.1 Å². The number of H-pyrrole nitrogens is 1. The van der Waals surface area contributed by atoms with Gasteiger partial charge in [-0.05, 0) is 37.3 Å². The summed E-state index contributed by atoms with van der Waals surface area (Å²) in [4.78, 5) is 16.8. The summed E-state index contributed by atoms with van der Waals surface area (Å²) in [7, 11) is 0. The Bertz CT molecular complexity index is 969. The van der Waals surface area contributed by atoms with Crippen molar-refractivity contribution in [3.05, 3.63) is 81.8 Å². The molecule has 0 bridgehead atoms. The van der Waals surface area contributed by atoms with Crippen molar-refractivity contribution in [2.75, 3.05) is 0 Å². The number of hydrogen-bond acceptors (Lipinski definition) is 2. The van der Waals surface area contributed by atoms with E-state index in [1.165, 1.54) is 18.3 Å². The molecule has 0 aliphatic rings. The summed E-state index contributed by atoms with van der Waals surface area (Å²) in [6, 6.07) is 13.6. The number of nitrogens with one attached hydrogen (secondary N) is 1. The lowest BCUT2D eigenvalue weighted by molar-refractivity contribution is -0.137. The van der Waals surface area contributed by atoms with Gasteiger partial charge in [0.2, 0.25) is 0 Å². The number of nitrogens with zero attached hydrogens (tertiary/aromatic N) is 2. The van der Waals surface area contributed by atoms with Crippen LogP contribution in [0.1, 0.15) is 16.8 Å². The van der Waals surface area contributed by atoms with Gasteiger partial charge in [0.05, 0.1) is 22.5 Å². The maximum absolute atomic E-state index is 12.9. The smallest absolute Gasteiger partial charge is 0.295 e. The minimum Gasteiger partial charge on any atom is -0.295 e. The Labute approximate surface area is 141 Å². The van der Waals surface area contributed by atoms with Crippen molar-refractivity contribution in [1.82, 2.24) is 9.78 Å². The molecule has 128 valence electrons. The van der Waals surface area contributed by atoms with Crippen LogP contribution in [0.2, 0.25) is 0 Å². The van der Waals surface area contributed by atoms with Crippen molar-refractivity contribution >= 4 is 11.9 Å². The van der Waals surface area contributed by atoms with Gasteiger partial charge in [0.15, 0.2) is 0 Å². The van der Waals surface area contributed by atoms with E-state index in [2.05, 4.69) is 10.1 Å². The van der Waals surface area contributed by atoms with Gasteiger partial charge < -0.3 is 0 Å². The highest BCUT2D eigenvalue weighted by Crippen LogP contribution is 2.30. The molecule has 0 saturated heterocycles. The second-order valence-corrected chi connectivity index (χ2v) is 5.43. The summed E-state index contributed by atoms with van der Waals surface area (Å²) >= 11 is 0. The third kappa shape index (κ3) is 3.55. The topological polar surface area (TPSA) is 50.1 Å². The molecule has 0 aliphatic carbocycles. The standard InChI is InChI=1S/C18H14F3N3O/c1-12-16(11-22-14-7-3-2-4-8-14)17(25)24(23-12)15-9-5-6-13(10-15)18(19,20)21/h2-11,23H,1H3. The van der Waals surface area contributed by atoms with Gasteiger partial charge in [0.25, 0.3) is 5.56 Å². The largest absolute Gasteiger partial charge is 0.416 e. The minimum atomic E-state index is -4.47. The third-order valence-corrected chi connectivity index (χ3v) is 3.65. The summed E-state index contributed by atoms with van der Waals surface area (Å²) in [5, 5.41) is 2.79. The average Bonchev–Trinajstić information content (AvgIpc) is 2.88. The summed E-state index contributed by atoms with van der Waals surface area (Å²) in [6.45, 7) is 1.66. The predicted molar refractivity (Wildman–Crippen MR) is 89.8 cm³/mol. The first-order valence-corrected chi connectivity index (χ1v) is 7.44. The molecule has 1 heterocycles. The van der Waals surface area contributed by atoms with Gasteiger partial charge in [0.1, 0.15) is 0 Å². The lowest BCUT2D eigenvalue weighted by atomic mass is 10.2. The zero-order valence-electron chi connectivity index (χ0n) is 13.2. The molecule has 25 heavy (non-hydrogen) atoms. The predicted octanol–water partition coefficient (Wildman–Crippen LogP) is 4.24. The minimum absolute atomic E-state index is 0.113. The zero-order chi connectivity index (χ0) is 18.0. The van der Waals surface area contributed by atoms with E-state index < -0.39 is 17.3 Å².